The zero-order valence-electron chi connectivity index (χ0n) is 5.36. The highest BCUT2D eigenvalue weighted by atomic mass is 32.8. The Balaban J connectivity index is 3.37. The van der Waals surface area contributed by atoms with Crippen LogP contribution in [0, 0.1) is 5.82 Å². The molecule has 0 saturated carbocycles. The smallest absolute Gasteiger partial charge is 0.173 e. The van der Waals surface area contributed by atoms with E-state index in [1.54, 1.807) is 0 Å². The highest BCUT2D eigenvalue weighted by molar-refractivity contribution is 8.29. The van der Waals surface area contributed by atoms with Crippen molar-refractivity contribution in [2.45, 2.75) is 4.90 Å². The fraction of sp³-hybridized carbons (Fsp3) is 0. The Morgan fingerprint density at radius 1 is 1.45 bits per heavy atom. The van der Waals surface area contributed by atoms with Crippen molar-refractivity contribution in [2.75, 3.05) is 0 Å². The third kappa shape index (κ3) is 1.95. The molecule has 1 aromatic rings. The van der Waals surface area contributed by atoms with Gasteiger partial charge in [0.05, 0.1) is 0 Å². The van der Waals surface area contributed by atoms with Crippen LogP contribution in [0.2, 0.25) is 0 Å². The molecule has 0 spiro atoms. The Hall–Kier alpha value is -0.520. The van der Waals surface area contributed by atoms with Gasteiger partial charge in [-0.25, -0.2) is 8.60 Å². The zero-order valence-corrected chi connectivity index (χ0v) is 6.99. The van der Waals surface area contributed by atoms with Crippen molar-refractivity contribution in [2.24, 2.45) is 0 Å². The molecule has 0 fully saturated rings. The summed E-state index contributed by atoms with van der Waals surface area (Å²) < 4.78 is 32.2. The van der Waals surface area contributed by atoms with Crippen molar-refractivity contribution < 1.29 is 13.2 Å². The van der Waals surface area contributed by atoms with E-state index < -0.39 is 14.6 Å². The lowest BCUT2D eigenvalue weighted by Gasteiger charge is -1.98. The average molecular weight is 192 g/mol. The van der Waals surface area contributed by atoms with Gasteiger partial charge in [0.25, 0.3) is 0 Å². The van der Waals surface area contributed by atoms with Gasteiger partial charge in [-0.2, -0.15) is 0 Å². The standard InChI is InChI=1S/C6H5FO2S2/c7-5-3-1-2-4-6(5)11(8,9)10/h1-4H,(H,8,9,10). The molecule has 1 rings (SSSR count). The molecular weight excluding hydrogens is 187 g/mol. The molecule has 1 unspecified atom stereocenters. The molecule has 0 amide bonds. The molecule has 0 aliphatic rings. The Bertz CT molecular complexity index is 359. The van der Waals surface area contributed by atoms with Crippen LogP contribution in [-0.4, -0.2) is 8.76 Å². The molecule has 1 atom stereocenters. The van der Waals surface area contributed by atoms with Crippen molar-refractivity contribution in [3.05, 3.63) is 30.1 Å². The number of hydrogen-bond donors (Lipinski definition) is 1. The number of rotatable bonds is 1. The van der Waals surface area contributed by atoms with Gasteiger partial charge in [-0.3, -0.25) is 0 Å². The predicted molar refractivity (Wildman–Crippen MR) is 42.8 cm³/mol. The Morgan fingerprint density at radius 2 is 2.00 bits per heavy atom. The van der Waals surface area contributed by atoms with Crippen molar-refractivity contribution in [3.63, 3.8) is 0 Å². The quantitative estimate of drug-likeness (QED) is 0.731. The zero-order chi connectivity index (χ0) is 8.48. The molecule has 0 aliphatic carbocycles. The molecular formula is C6H5FO2S2. The minimum Gasteiger partial charge on any atom is -0.302 e. The first-order valence-corrected chi connectivity index (χ1v) is 5.18. The summed E-state index contributed by atoms with van der Waals surface area (Å²) in [5.74, 6) is -0.741. The van der Waals surface area contributed by atoms with Gasteiger partial charge >= 0.3 is 0 Å². The van der Waals surface area contributed by atoms with Crippen molar-refractivity contribution in [1.29, 1.82) is 0 Å². The molecule has 0 aliphatic heterocycles. The van der Waals surface area contributed by atoms with E-state index in [0.29, 0.717) is 0 Å². The summed E-state index contributed by atoms with van der Waals surface area (Å²) in [5.41, 5.74) is 0. The monoisotopic (exact) mass is 192 g/mol. The third-order valence-electron chi connectivity index (χ3n) is 1.11. The third-order valence-corrected chi connectivity index (χ3v) is 2.54. The van der Waals surface area contributed by atoms with Crippen molar-refractivity contribution >= 4 is 20.0 Å². The fourth-order valence-corrected chi connectivity index (χ4v) is 1.62. The molecule has 5 heteroatoms. The summed E-state index contributed by atoms with van der Waals surface area (Å²) >= 11 is 4.18. The van der Waals surface area contributed by atoms with Crippen LogP contribution in [0.25, 0.3) is 0 Å². The van der Waals surface area contributed by atoms with Crippen molar-refractivity contribution in [1.82, 2.24) is 0 Å². The molecule has 1 aromatic carbocycles. The molecule has 0 bridgehead atoms. The summed E-state index contributed by atoms with van der Waals surface area (Å²) in [6.07, 6.45) is 0. The van der Waals surface area contributed by atoms with Crippen LogP contribution in [0.3, 0.4) is 0 Å². The average Bonchev–Trinajstić information content (AvgIpc) is 1.86. The highest BCUT2D eigenvalue weighted by Gasteiger charge is 2.09. The van der Waals surface area contributed by atoms with Crippen LogP contribution in [0.15, 0.2) is 29.2 Å². The minimum absolute atomic E-state index is 0.324. The molecule has 0 aromatic heterocycles. The molecule has 1 N–H and O–H groups in total. The second-order valence-electron chi connectivity index (χ2n) is 1.91. The largest absolute Gasteiger partial charge is 0.302 e. The maximum Gasteiger partial charge on any atom is 0.173 e. The summed E-state index contributed by atoms with van der Waals surface area (Å²) in [5, 5.41) is 0. The minimum atomic E-state index is -3.58. The van der Waals surface area contributed by atoms with Gasteiger partial charge in [0.1, 0.15) is 10.7 Å². The Morgan fingerprint density at radius 3 is 2.36 bits per heavy atom. The van der Waals surface area contributed by atoms with E-state index >= 15 is 0 Å². The van der Waals surface area contributed by atoms with E-state index in [1.165, 1.54) is 18.2 Å². The number of halogens is 1. The second kappa shape index (κ2) is 2.84. The maximum atomic E-state index is 12.7. The van der Waals surface area contributed by atoms with Crippen LogP contribution < -0.4 is 0 Å². The molecule has 0 radical (unpaired) electrons. The van der Waals surface area contributed by atoms with E-state index in [-0.39, 0.29) is 4.90 Å². The number of hydrogen-bond acceptors (Lipinski definition) is 2. The van der Waals surface area contributed by atoms with Gasteiger partial charge in [0, 0.05) is 11.2 Å². The summed E-state index contributed by atoms with van der Waals surface area (Å²) in [6, 6.07) is 5.18. The normalized spacial score (nSPS) is 15.8. The highest BCUT2D eigenvalue weighted by Crippen LogP contribution is 2.12. The van der Waals surface area contributed by atoms with E-state index in [2.05, 4.69) is 11.2 Å². The van der Waals surface area contributed by atoms with Gasteiger partial charge in [-0.05, 0) is 12.1 Å². The lowest BCUT2D eigenvalue weighted by molar-refractivity contribution is 0.542. The topological polar surface area (TPSA) is 37.3 Å². The second-order valence-corrected chi connectivity index (χ2v) is 4.65. The van der Waals surface area contributed by atoms with E-state index in [4.69, 9.17) is 4.55 Å². The molecule has 60 valence electrons. The molecule has 0 saturated heterocycles. The van der Waals surface area contributed by atoms with Gasteiger partial charge in [0.15, 0.2) is 8.77 Å². The van der Waals surface area contributed by atoms with Gasteiger partial charge in [0.2, 0.25) is 0 Å². The first-order chi connectivity index (χ1) is 5.02. The van der Waals surface area contributed by atoms with E-state index in [9.17, 15) is 8.60 Å². The van der Waals surface area contributed by atoms with E-state index in [1.807, 2.05) is 0 Å². The SMILES string of the molecule is O=S(O)(=S)c1ccccc1F. The summed E-state index contributed by atoms with van der Waals surface area (Å²) in [4.78, 5) is -0.324. The van der Waals surface area contributed by atoms with Crippen LogP contribution in [-0.2, 0) is 20.0 Å². The first-order valence-electron chi connectivity index (χ1n) is 2.74. The van der Waals surface area contributed by atoms with Crippen LogP contribution >= 0.6 is 0 Å². The summed E-state index contributed by atoms with van der Waals surface area (Å²) in [7, 11) is -3.58. The number of benzene rings is 1. The van der Waals surface area contributed by atoms with Gasteiger partial charge in [-0.1, -0.05) is 12.1 Å². The first kappa shape index (κ1) is 8.58. The molecule has 0 heterocycles. The van der Waals surface area contributed by atoms with Crippen molar-refractivity contribution in [3.8, 4) is 0 Å². The van der Waals surface area contributed by atoms with Gasteiger partial charge in [-0.15, -0.1) is 0 Å². The van der Waals surface area contributed by atoms with Crippen LogP contribution in [0.5, 0.6) is 0 Å². The van der Waals surface area contributed by atoms with Crippen LogP contribution in [0.4, 0.5) is 4.39 Å². The fourth-order valence-electron chi connectivity index (χ4n) is 0.654. The Kier molecular flexibility index (Phi) is 2.22. The summed E-state index contributed by atoms with van der Waals surface area (Å²) in [6.45, 7) is 0. The maximum absolute atomic E-state index is 12.7. The van der Waals surface area contributed by atoms with Crippen LogP contribution in [0.1, 0.15) is 0 Å². The lowest BCUT2D eigenvalue weighted by atomic mass is 10.4. The predicted octanol–water partition coefficient (Wildman–Crippen LogP) is 1.40. The molecule has 2 nitrogen and oxygen atoms in total. The lowest BCUT2D eigenvalue weighted by Crippen LogP contribution is -1.98. The van der Waals surface area contributed by atoms with E-state index in [0.717, 1.165) is 6.07 Å². The Labute approximate surface area is 68.6 Å². The van der Waals surface area contributed by atoms with Gasteiger partial charge < -0.3 is 4.55 Å². The molecule has 11 heavy (non-hydrogen) atoms.